The number of carbonyl (C=O) groups is 1. The Bertz CT molecular complexity index is 1530. The zero-order chi connectivity index (χ0) is 28.6. The van der Waals surface area contributed by atoms with Crippen molar-refractivity contribution < 1.29 is 19.4 Å². The van der Waals surface area contributed by atoms with Crippen molar-refractivity contribution in [3.8, 4) is 33.8 Å². The molecule has 0 aliphatic rings. The number of benzene rings is 5. The van der Waals surface area contributed by atoms with E-state index in [0.29, 0.717) is 18.1 Å². The highest BCUT2D eigenvalue weighted by Gasteiger charge is 2.08. The molecular formula is C35H30N2O4. The highest BCUT2D eigenvalue weighted by molar-refractivity contribution is 5.82. The molecule has 0 bridgehead atoms. The third-order valence-electron chi connectivity index (χ3n) is 6.60. The first-order valence-corrected chi connectivity index (χ1v) is 13.1. The van der Waals surface area contributed by atoms with Gasteiger partial charge >= 0.3 is 5.97 Å². The molecule has 0 heterocycles. The Morgan fingerprint density at radius 2 is 0.927 bits per heavy atom. The second-order valence-electron chi connectivity index (χ2n) is 9.48. The lowest BCUT2D eigenvalue weighted by Gasteiger charge is -2.12. The van der Waals surface area contributed by atoms with Crippen LogP contribution in [0.15, 0.2) is 127 Å². The molecule has 204 valence electrons. The van der Waals surface area contributed by atoms with E-state index in [1.165, 1.54) is 0 Å². The number of aliphatic carboxylic acids is 1. The molecule has 6 nitrogen and oxygen atoms in total. The fourth-order valence-corrected chi connectivity index (χ4v) is 4.44. The van der Waals surface area contributed by atoms with Crippen molar-refractivity contribution in [2.24, 2.45) is 0 Å². The molecule has 0 aliphatic carbocycles. The van der Waals surface area contributed by atoms with E-state index < -0.39 is 5.97 Å². The Kier molecular flexibility index (Phi) is 8.31. The standard InChI is InChI=1S/C35H30N2O4/c36-30-13-9-26(10-14-30)24-1-5-28(6-2-24)34(21-22-40-32-17-19-33(20-18-32)41-23-35(38)39)29-7-3-25(4-8-29)27-11-15-31(37)16-12-27/h1-21H,22-23,36-37H2,(H,38,39). The summed E-state index contributed by atoms with van der Waals surface area (Å²) in [5, 5.41) is 8.79. The van der Waals surface area contributed by atoms with Gasteiger partial charge in [0, 0.05) is 11.4 Å². The summed E-state index contributed by atoms with van der Waals surface area (Å²) in [6.45, 7) is -0.0510. The van der Waals surface area contributed by atoms with Crippen LogP contribution in [0, 0.1) is 0 Å². The van der Waals surface area contributed by atoms with Gasteiger partial charge in [0.2, 0.25) is 0 Å². The maximum atomic E-state index is 10.7. The van der Waals surface area contributed by atoms with Gasteiger partial charge in [0.25, 0.3) is 0 Å². The lowest BCUT2D eigenvalue weighted by molar-refractivity contribution is -0.139. The molecule has 6 heteroatoms. The zero-order valence-corrected chi connectivity index (χ0v) is 22.4. The molecule has 0 unspecified atom stereocenters. The third-order valence-corrected chi connectivity index (χ3v) is 6.60. The average molecular weight is 543 g/mol. The van der Waals surface area contributed by atoms with Gasteiger partial charge in [-0.05, 0) is 93.6 Å². The number of carboxylic acid groups (broad SMARTS) is 1. The van der Waals surface area contributed by atoms with Gasteiger partial charge in [-0.2, -0.15) is 0 Å². The van der Waals surface area contributed by atoms with Crippen LogP contribution in [0.2, 0.25) is 0 Å². The highest BCUT2D eigenvalue weighted by atomic mass is 16.5. The van der Waals surface area contributed by atoms with Gasteiger partial charge in [-0.1, -0.05) is 72.8 Å². The maximum absolute atomic E-state index is 10.7. The van der Waals surface area contributed by atoms with Crippen LogP contribution in [0.4, 0.5) is 11.4 Å². The van der Waals surface area contributed by atoms with Gasteiger partial charge in [0.05, 0.1) is 0 Å². The van der Waals surface area contributed by atoms with Crippen molar-refractivity contribution in [2.45, 2.75) is 0 Å². The number of rotatable bonds is 10. The fourth-order valence-electron chi connectivity index (χ4n) is 4.44. The number of ether oxygens (including phenoxy) is 2. The molecule has 5 aromatic carbocycles. The minimum atomic E-state index is -1.02. The fraction of sp³-hybridized carbons (Fsp3) is 0.0571. The second kappa shape index (κ2) is 12.6. The van der Waals surface area contributed by atoms with Crippen molar-refractivity contribution in [3.05, 3.63) is 139 Å². The highest BCUT2D eigenvalue weighted by Crippen LogP contribution is 2.30. The van der Waals surface area contributed by atoms with E-state index >= 15 is 0 Å². The van der Waals surface area contributed by atoms with E-state index in [1.54, 1.807) is 24.3 Å². The number of nitrogen functional groups attached to an aromatic ring is 2. The minimum Gasteiger partial charge on any atom is -0.490 e. The molecular weight excluding hydrogens is 512 g/mol. The summed E-state index contributed by atoms with van der Waals surface area (Å²) in [7, 11) is 0. The number of hydrogen-bond acceptors (Lipinski definition) is 5. The zero-order valence-electron chi connectivity index (χ0n) is 22.4. The van der Waals surface area contributed by atoms with Crippen LogP contribution in [0.5, 0.6) is 11.5 Å². The Balaban J connectivity index is 1.38. The number of anilines is 2. The van der Waals surface area contributed by atoms with Gasteiger partial charge in [-0.25, -0.2) is 4.79 Å². The molecule has 0 amide bonds. The smallest absolute Gasteiger partial charge is 0.341 e. The maximum Gasteiger partial charge on any atom is 0.341 e. The van der Waals surface area contributed by atoms with Crippen LogP contribution >= 0.6 is 0 Å². The third kappa shape index (κ3) is 7.13. The monoisotopic (exact) mass is 542 g/mol. The van der Waals surface area contributed by atoms with Gasteiger partial charge in [-0.3, -0.25) is 0 Å². The molecule has 0 radical (unpaired) electrons. The Labute approximate surface area is 239 Å². The number of carboxylic acids is 1. The Morgan fingerprint density at radius 1 is 0.561 bits per heavy atom. The molecule has 5 N–H and O–H groups in total. The minimum absolute atomic E-state index is 0.337. The molecule has 0 spiro atoms. The molecule has 0 fully saturated rings. The van der Waals surface area contributed by atoms with E-state index in [2.05, 4.69) is 54.6 Å². The molecule has 41 heavy (non-hydrogen) atoms. The molecule has 0 atom stereocenters. The van der Waals surface area contributed by atoms with Crippen molar-refractivity contribution in [1.29, 1.82) is 0 Å². The summed E-state index contributed by atoms with van der Waals surface area (Å²) in [5.74, 6) is 0.102. The summed E-state index contributed by atoms with van der Waals surface area (Å²) >= 11 is 0. The van der Waals surface area contributed by atoms with E-state index in [9.17, 15) is 4.79 Å². The topological polar surface area (TPSA) is 108 Å². The van der Waals surface area contributed by atoms with Gasteiger partial charge in [-0.15, -0.1) is 0 Å². The van der Waals surface area contributed by atoms with Crippen molar-refractivity contribution in [1.82, 2.24) is 0 Å². The van der Waals surface area contributed by atoms with Crippen molar-refractivity contribution in [2.75, 3.05) is 24.7 Å². The first kappa shape index (κ1) is 27.1. The molecule has 0 saturated carbocycles. The SMILES string of the molecule is Nc1ccc(-c2ccc(C(=CCOc3ccc(OCC(=O)O)cc3)c3ccc(-c4ccc(N)cc4)cc3)cc2)cc1. The van der Waals surface area contributed by atoms with Crippen molar-refractivity contribution in [3.63, 3.8) is 0 Å². The lowest BCUT2D eigenvalue weighted by Crippen LogP contribution is -2.09. The quantitative estimate of drug-likeness (QED) is 0.162. The van der Waals surface area contributed by atoms with Crippen LogP contribution in [-0.2, 0) is 4.79 Å². The second-order valence-corrected chi connectivity index (χ2v) is 9.48. The van der Waals surface area contributed by atoms with Crippen molar-refractivity contribution >= 4 is 22.9 Å². The largest absolute Gasteiger partial charge is 0.490 e. The summed E-state index contributed by atoms with van der Waals surface area (Å²) in [4.78, 5) is 10.7. The van der Waals surface area contributed by atoms with Gasteiger partial charge in [0.15, 0.2) is 6.61 Å². The molecule has 5 aromatic rings. The lowest BCUT2D eigenvalue weighted by atomic mass is 9.94. The van der Waals surface area contributed by atoms with Gasteiger partial charge in [0.1, 0.15) is 18.1 Å². The number of hydrogen-bond donors (Lipinski definition) is 3. The number of nitrogens with two attached hydrogens (primary N) is 2. The predicted octanol–water partition coefficient (Wildman–Crippen LogP) is 7.16. The van der Waals surface area contributed by atoms with E-state index in [-0.39, 0.29) is 6.61 Å². The molecule has 0 aliphatic heterocycles. The van der Waals surface area contributed by atoms with Crippen LogP contribution in [0.1, 0.15) is 11.1 Å². The van der Waals surface area contributed by atoms with Crippen LogP contribution < -0.4 is 20.9 Å². The normalized spacial score (nSPS) is 10.5. The summed E-state index contributed by atoms with van der Waals surface area (Å²) < 4.78 is 11.2. The van der Waals surface area contributed by atoms with E-state index in [0.717, 1.165) is 50.3 Å². The van der Waals surface area contributed by atoms with E-state index in [4.69, 9.17) is 26.0 Å². The summed E-state index contributed by atoms with van der Waals surface area (Å²) in [5.41, 5.74) is 20.8. The molecule has 5 rings (SSSR count). The van der Waals surface area contributed by atoms with Crippen LogP contribution in [0.3, 0.4) is 0 Å². The summed E-state index contributed by atoms with van der Waals surface area (Å²) in [6, 6.07) is 39.4. The first-order chi connectivity index (χ1) is 19.9. The van der Waals surface area contributed by atoms with Crippen LogP contribution in [0.25, 0.3) is 27.8 Å². The predicted molar refractivity (Wildman–Crippen MR) is 165 cm³/mol. The molecule has 0 aromatic heterocycles. The van der Waals surface area contributed by atoms with Crippen LogP contribution in [-0.4, -0.2) is 24.3 Å². The molecule has 0 saturated heterocycles. The van der Waals surface area contributed by atoms with Gasteiger partial charge < -0.3 is 26.0 Å². The Morgan fingerprint density at radius 3 is 1.32 bits per heavy atom. The first-order valence-electron chi connectivity index (χ1n) is 13.1. The van der Waals surface area contributed by atoms with E-state index in [1.807, 2.05) is 48.5 Å². The summed E-state index contributed by atoms with van der Waals surface area (Å²) in [6.07, 6.45) is 2.06. The average Bonchev–Trinajstić information content (AvgIpc) is 3.00. The Hall–Kier alpha value is -5.49.